The molecule has 0 aliphatic carbocycles. The SMILES string of the molecule is O=S(=O)(NCc1ccco1)c1ccc(Cl)c(Cl)c1Cl. The van der Waals surface area contributed by atoms with Gasteiger partial charge in [-0.25, -0.2) is 13.1 Å². The molecule has 0 atom stereocenters. The van der Waals surface area contributed by atoms with Gasteiger partial charge in [0.25, 0.3) is 0 Å². The highest BCUT2D eigenvalue weighted by molar-refractivity contribution is 7.89. The fourth-order valence-corrected chi connectivity index (χ4v) is 3.34. The van der Waals surface area contributed by atoms with Gasteiger partial charge >= 0.3 is 0 Å². The molecule has 0 saturated heterocycles. The maximum absolute atomic E-state index is 12.1. The molecule has 2 aromatic rings. The molecule has 2 rings (SSSR count). The highest BCUT2D eigenvalue weighted by atomic mass is 35.5. The maximum Gasteiger partial charge on any atom is 0.242 e. The van der Waals surface area contributed by atoms with Gasteiger partial charge in [0.1, 0.15) is 10.7 Å². The molecule has 0 bridgehead atoms. The molecule has 1 heterocycles. The van der Waals surface area contributed by atoms with E-state index in [0.29, 0.717) is 5.76 Å². The van der Waals surface area contributed by atoms with E-state index < -0.39 is 10.0 Å². The van der Waals surface area contributed by atoms with E-state index >= 15 is 0 Å². The van der Waals surface area contributed by atoms with Crippen molar-refractivity contribution in [3.8, 4) is 0 Å². The van der Waals surface area contributed by atoms with Gasteiger partial charge in [0.05, 0.1) is 27.9 Å². The zero-order valence-electron chi connectivity index (χ0n) is 9.36. The number of furan rings is 1. The van der Waals surface area contributed by atoms with Crippen LogP contribution in [-0.2, 0) is 16.6 Å². The summed E-state index contributed by atoms with van der Waals surface area (Å²) in [5, 5.41) is 0.0852. The van der Waals surface area contributed by atoms with Crippen LogP contribution in [0.5, 0.6) is 0 Å². The Hall–Kier alpha value is -0.720. The molecule has 0 amide bonds. The van der Waals surface area contributed by atoms with Crippen LogP contribution in [0, 0.1) is 0 Å². The highest BCUT2D eigenvalue weighted by Gasteiger charge is 2.21. The Kier molecular flexibility index (Phi) is 4.43. The molecule has 8 heteroatoms. The second-order valence-corrected chi connectivity index (χ2v) is 6.48. The number of sulfonamides is 1. The van der Waals surface area contributed by atoms with Crippen LogP contribution < -0.4 is 4.72 Å². The second kappa shape index (κ2) is 5.73. The van der Waals surface area contributed by atoms with Gasteiger partial charge in [0.2, 0.25) is 10.0 Å². The third kappa shape index (κ3) is 3.24. The summed E-state index contributed by atoms with van der Waals surface area (Å²) >= 11 is 17.4. The monoisotopic (exact) mass is 339 g/mol. The molecule has 0 spiro atoms. The predicted octanol–water partition coefficient (Wildman–Crippen LogP) is 3.72. The zero-order valence-corrected chi connectivity index (χ0v) is 12.4. The molecule has 0 fully saturated rings. The van der Waals surface area contributed by atoms with Gasteiger partial charge in [-0.2, -0.15) is 0 Å². The van der Waals surface area contributed by atoms with E-state index in [1.54, 1.807) is 12.1 Å². The van der Waals surface area contributed by atoms with Crippen molar-refractivity contribution < 1.29 is 12.8 Å². The quantitative estimate of drug-likeness (QED) is 0.863. The zero-order chi connectivity index (χ0) is 14.0. The summed E-state index contributed by atoms with van der Waals surface area (Å²) in [5.41, 5.74) is 0. The van der Waals surface area contributed by atoms with Crippen LogP contribution in [0.25, 0.3) is 0 Å². The summed E-state index contributed by atoms with van der Waals surface area (Å²) in [6.07, 6.45) is 1.45. The summed E-state index contributed by atoms with van der Waals surface area (Å²) < 4.78 is 31.5. The average molecular weight is 341 g/mol. The average Bonchev–Trinajstić information content (AvgIpc) is 2.86. The minimum absolute atomic E-state index is 0.00390. The fraction of sp³-hybridized carbons (Fsp3) is 0.0909. The normalized spacial score (nSPS) is 11.7. The van der Waals surface area contributed by atoms with Crippen LogP contribution >= 0.6 is 34.8 Å². The largest absolute Gasteiger partial charge is 0.468 e. The van der Waals surface area contributed by atoms with E-state index in [1.165, 1.54) is 18.4 Å². The molecule has 0 aliphatic heterocycles. The predicted molar refractivity (Wildman–Crippen MR) is 74.2 cm³/mol. The van der Waals surface area contributed by atoms with Gasteiger partial charge in [0, 0.05) is 0 Å². The Balaban J connectivity index is 2.27. The molecule has 0 unspecified atom stereocenters. The van der Waals surface area contributed by atoms with Gasteiger partial charge in [-0.05, 0) is 24.3 Å². The Morgan fingerprint density at radius 2 is 1.84 bits per heavy atom. The lowest BCUT2D eigenvalue weighted by Crippen LogP contribution is -2.23. The molecule has 1 aromatic carbocycles. The van der Waals surface area contributed by atoms with Gasteiger partial charge in [0.15, 0.2) is 0 Å². The fourth-order valence-electron chi connectivity index (χ4n) is 1.37. The highest BCUT2D eigenvalue weighted by Crippen LogP contribution is 2.34. The molecule has 1 N–H and O–H groups in total. The Labute approximate surface area is 125 Å². The van der Waals surface area contributed by atoms with Crippen LogP contribution in [0.4, 0.5) is 0 Å². The number of halogens is 3. The minimum Gasteiger partial charge on any atom is -0.468 e. The first-order valence-electron chi connectivity index (χ1n) is 5.07. The van der Waals surface area contributed by atoms with Crippen molar-refractivity contribution in [1.82, 2.24) is 4.72 Å². The molecule has 0 aliphatic rings. The Morgan fingerprint density at radius 3 is 2.47 bits per heavy atom. The Bertz CT molecular complexity index is 683. The summed E-state index contributed by atoms with van der Waals surface area (Å²) in [6.45, 7) is 0.0197. The van der Waals surface area contributed by atoms with Crippen molar-refractivity contribution in [1.29, 1.82) is 0 Å². The maximum atomic E-state index is 12.1. The van der Waals surface area contributed by atoms with Gasteiger partial charge in [-0.3, -0.25) is 0 Å². The molecule has 102 valence electrons. The number of rotatable bonds is 4. The van der Waals surface area contributed by atoms with E-state index in [1.807, 2.05) is 0 Å². The number of nitrogens with one attached hydrogen (secondary N) is 1. The number of hydrogen-bond donors (Lipinski definition) is 1. The number of benzene rings is 1. The van der Waals surface area contributed by atoms with E-state index in [9.17, 15) is 8.42 Å². The minimum atomic E-state index is -3.79. The Morgan fingerprint density at radius 1 is 1.11 bits per heavy atom. The van der Waals surface area contributed by atoms with Crippen LogP contribution in [-0.4, -0.2) is 8.42 Å². The molecular formula is C11H8Cl3NO3S. The number of hydrogen-bond acceptors (Lipinski definition) is 3. The standard InChI is InChI=1S/C11H8Cl3NO3S/c12-8-3-4-9(11(14)10(8)13)19(16,17)15-6-7-2-1-5-18-7/h1-5,15H,6H2. The van der Waals surface area contributed by atoms with Crippen molar-refractivity contribution >= 4 is 44.8 Å². The van der Waals surface area contributed by atoms with E-state index in [4.69, 9.17) is 39.2 Å². The third-order valence-corrected chi connectivity index (χ3v) is 5.16. The van der Waals surface area contributed by atoms with Crippen molar-refractivity contribution in [2.24, 2.45) is 0 Å². The summed E-state index contributed by atoms with van der Waals surface area (Å²) in [6, 6.07) is 5.98. The first-order valence-corrected chi connectivity index (χ1v) is 7.69. The lowest BCUT2D eigenvalue weighted by molar-refractivity contribution is 0.498. The van der Waals surface area contributed by atoms with Crippen molar-refractivity contribution in [2.45, 2.75) is 11.4 Å². The second-order valence-electron chi connectivity index (χ2n) is 3.58. The lowest BCUT2D eigenvalue weighted by atomic mass is 10.4. The van der Waals surface area contributed by atoms with E-state index in [-0.39, 0.29) is 26.5 Å². The van der Waals surface area contributed by atoms with Crippen LogP contribution in [0.15, 0.2) is 39.8 Å². The van der Waals surface area contributed by atoms with E-state index in [2.05, 4.69) is 4.72 Å². The molecule has 1 aromatic heterocycles. The van der Waals surface area contributed by atoms with E-state index in [0.717, 1.165) is 0 Å². The van der Waals surface area contributed by atoms with Crippen LogP contribution in [0.1, 0.15) is 5.76 Å². The van der Waals surface area contributed by atoms with Crippen LogP contribution in [0.2, 0.25) is 15.1 Å². The van der Waals surface area contributed by atoms with Crippen molar-refractivity contribution in [3.63, 3.8) is 0 Å². The van der Waals surface area contributed by atoms with Crippen LogP contribution in [0.3, 0.4) is 0 Å². The molecular weight excluding hydrogens is 333 g/mol. The lowest BCUT2D eigenvalue weighted by Gasteiger charge is -2.09. The van der Waals surface area contributed by atoms with Gasteiger partial charge in [-0.1, -0.05) is 34.8 Å². The van der Waals surface area contributed by atoms with Gasteiger partial charge in [-0.15, -0.1) is 0 Å². The van der Waals surface area contributed by atoms with Crippen molar-refractivity contribution in [3.05, 3.63) is 51.4 Å². The first-order chi connectivity index (χ1) is 8.92. The molecule has 19 heavy (non-hydrogen) atoms. The third-order valence-electron chi connectivity index (χ3n) is 2.31. The summed E-state index contributed by atoms with van der Waals surface area (Å²) in [7, 11) is -3.79. The molecule has 0 saturated carbocycles. The van der Waals surface area contributed by atoms with Gasteiger partial charge < -0.3 is 4.42 Å². The summed E-state index contributed by atoms with van der Waals surface area (Å²) in [4.78, 5) is -0.130. The molecule has 4 nitrogen and oxygen atoms in total. The topological polar surface area (TPSA) is 59.3 Å². The first kappa shape index (κ1) is 14.7. The molecule has 0 radical (unpaired) electrons. The van der Waals surface area contributed by atoms with Crippen molar-refractivity contribution in [2.75, 3.05) is 0 Å². The smallest absolute Gasteiger partial charge is 0.242 e. The summed E-state index contributed by atoms with van der Waals surface area (Å²) in [5.74, 6) is 0.486.